The normalized spacial score (nSPS) is 10.7. The number of methoxy groups -OCH3 is 2. The van der Waals surface area contributed by atoms with Crippen LogP contribution in [0.1, 0.15) is 25.8 Å². The van der Waals surface area contributed by atoms with Crippen molar-refractivity contribution in [2.75, 3.05) is 47.1 Å². The molecule has 5 nitrogen and oxygen atoms in total. The molecule has 0 heterocycles. The number of allylic oxidation sites excluding steroid dienone is 1. The molecule has 0 spiro atoms. The number of nitrogens with zero attached hydrogens (tertiary/aromatic N) is 2. The first-order valence-corrected chi connectivity index (χ1v) is 8.26. The monoisotopic (exact) mass is 334 g/mol. The molecule has 0 N–H and O–H groups in total. The zero-order valence-electron chi connectivity index (χ0n) is 15.4. The average molecular weight is 334 g/mol. The van der Waals surface area contributed by atoms with E-state index in [1.807, 2.05) is 19.1 Å². The Morgan fingerprint density at radius 2 is 1.92 bits per heavy atom. The summed E-state index contributed by atoms with van der Waals surface area (Å²) in [7, 11) is 3.36. The standard InChI is InChI=1S/C19H30N2O3/c1-7-21(10-12-22-5)9-8-11-24-19-14-17(20-4)16(15(2)3)13-18(19)23-6/h13-14H,2,4,7-12H2,1,3,5-6H3. The third-order valence-electron chi connectivity index (χ3n) is 3.85. The van der Waals surface area contributed by atoms with E-state index in [9.17, 15) is 0 Å². The molecule has 0 atom stereocenters. The minimum atomic E-state index is 0.614. The van der Waals surface area contributed by atoms with Gasteiger partial charge in [0.25, 0.3) is 0 Å². The summed E-state index contributed by atoms with van der Waals surface area (Å²) in [4.78, 5) is 6.40. The van der Waals surface area contributed by atoms with Gasteiger partial charge in [-0.25, -0.2) is 0 Å². The van der Waals surface area contributed by atoms with E-state index in [1.54, 1.807) is 14.2 Å². The second-order valence-electron chi connectivity index (χ2n) is 5.59. The predicted molar refractivity (Wildman–Crippen MR) is 101 cm³/mol. The molecule has 0 fully saturated rings. The van der Waals surface area contributed by atoms with Gasteiger partial charge in [-0.2, -0.15) is 0 Å². The lowest BCUT2D eigenvalue weighted by atomic mass is 10.1. The van der Waals surface area contributed by atoms with Crippen LogP contribution in [0.25, 0.3) is 5.57 Å². The number of ether oxygens (including phenoxy) is 3. The highest BCUT2D eigenvalue weighted by Gasteiger charge is 2.12. The fourth-order valence-corrected chi connectivity index (χ4v) is 2.41. The fraction of sp³-hybridized carbons (Fsp3) is 0.526. The molecule has 134 valence electrons. The quantitative estimate of drug-likeness (QED) is 0.431. The first-order valence-electron chi connectivity index (χ1n) is 8.26. The van der Waals surface area contributed by atoms with Crippen molar-refractivity contribution < 1.29 is 14.2 Å². The highest BCUT2D eigenvalue weighted by molar-refractivity contribution is 5.76. The van der Waals surface area contributed by atoms with Crippen molar-refractivity contribution in [1.29, 1.82) is 0 Å². The van der Waals surface area contributed by atoms with Gasteiger partial charge >= 0.3 is 0 Å². The van der Waals surface area contributed by atoms with E-state index in [4.69, 9.17) is 14.2 Å². The predicted octanol–water partition coefficient (Wildman–Crippen LogP) is 3.80. The number of hydrogen-bond acceptors (Lipinski definition) is 5. The number of likely N-dealkylation sites (N-methyl/N-ethyl adjacent to an activating group) is 1. The Morgan fingerprint density at radius 1 is 1.17 bits per heavy atom. The van der Waals surface area contributed by atoms with Crippen LogP contribution >= 0.6 is 0 Å². The molecule has 0 amide bonds. The minimum Gasteiger partial charge on any atom is -0.493 e. The largest absolute Gasteiger partial charge is 0.493 e. The van der Waals surface area contributed by atoms with Crippen LogP contribution in [0.3, 0.4) is 0 Å². The molecule has 0 aliphatic heterocycles. The van der Waals surface area contributed by atoms with E-state index in [1.165, 1.54) is 0 Å². The summed E-state index contributed by atoms with van der Waals surface area (Å²) in [6, 6.07) is 3.76. The summed E-state index contributed by atoms with van der Waals surface area (Å²) in [5.74, 6) is 1.37. The van der Waals surface area contributed by atoms with Crippen LogP contribution in [0, 0.1) is 0 Å². The molecule has 0 bridgehead atoms. The molecule has 0 unspecified atom stereocenters. The Morgan fingerprint density at radius 3 is 2.46 bits per heavy atom. The molecule has 1 aromatic carbocycles. The van der Waals surface area contributed by atoms with Crippen molar-refractivity contribution in [2.24, 2.45) is 4.99 Å². The SMILES string of the molecule is C=Nc1cc(OCCCN(CC)CCOC)c(OC)cc1C(=C)C. The van der Waals surface area contributed by atoms with Crippen molar-refractivity contribution >= 4 is 18.0 Å². The third kappa shape index (κ3) is 5.98. The summed E-state index contributed by atoms with van der Waals surface area (Å²) < 4.78 is 16.5. The Hall–Kier alpha value is -1.85. The molecular formula is C19H30N2O3. The van der Waals surface area contributed by atoms with Crippen molar-refractivity contribution in [3.05, 3.63) is 24.3 Å². The van der Waals surface area contributed by atoms with E-state index in [0.717, 1.165) is 49.5 Å². The van der Waals surface area contributed by atoms with Gasteiger partial charge in [0.1, 0.15) is 0 Å². The van der Waals surface area contributed by atoms with E-state index in [2.05, 4.69) is 30.1 Å². The van der Waals surface area contributed by atoms with Crippen LogP contribution < -0.4 is 9.47 Å². The summed E-state index contributed by atoms with van der Waals surface area (Å²) in [6.45, 7) is 16.0. The maximum Gasteiger partial charge on any atom is 0.163 e. The molecule has 1 aromatic rings. The van der Waals surface area contributed by atoms with E-state index < -0.39 is 0 Å². The lowest BCUT2D eigenvalue weighted by Gasteiger charge is -2.20. The average Bonchev–Trinajstić information content (AvgIpc) is 2.60. The highest BCUT2D eigenvalue weighted by Crippen LogP contribution is 2.37. The minimum absolute atomic E-state index is 0.614. The number of aliphatic imine (C=N–C) groups is 1. The lowest BCUT2D eigenvalue weighted by Crippen LogP contribution is -2.29. The zero-order valence-corrected chi connectivity index (χ0v) is 15.4. The maximum atomic E-state index is 5.90. The molecule has 0 aliphatic rings. The van der Waals surface area contributed by atoms with Gasteiger partial charge in [-0.05, 0) is 38.2 Å². The molecule has 1 rings (SSSR count). The van der Waals surface area contributed by atoms with E-state index in [-0.39, 0.29) is 0 Å². The Bertz CT molecular complexity index is 544. The zero-order chi connectivity index (χ0) is 17.9. The van der Waals surface area contributed by atoms with Gasteiger partial charge < -0.3 is 19.1 Å². The summed E-state index contributed by atoms with van der Waals surface area (Å²) in [6.07, 6.45) is 0.930. The molecular weight excluding hydrogens is 304 g/mol. The lowest BCUT2D eigenvalue weighted by molar-refractivity contribution is 0.145. The van der Waals surface area contributed by atoms with Crippen molar-refractivity contribution in [1.82, 2.24) is 4.90 Å². The Balaban J connectivity index is 2.67. The molecule has 0 saturated heterocycles. The van der Waals surface area contributed by atoms with E-state index >= 15 is 0 Å². The summed E-state index contributed by atoms with van der Waals surface area (Å²) >= 11 is 0. The van der Waals surface area contributed by atoms with Crippen molar-refractivity contribution in [3.8, 4) is 11.5 Å². The van der Waals surface area contributed by atoms with Gasteiger partial charge in [-0.1, -0.05) is 13.5 Å². The highest BCUT2D eigenvalue weighted by atomic mass is 16.5. The van der Waals surface area contributed by atoms with Gasteiger partial charge in [-0.3, -0.25) is 4.99 Å². The third-order valence-corrected chi connectivity index (χ3v) is 3.85. The smallest absolute Gasteiger partial charge is 0.163 e. The first-order chi connectivity index (χ1) is 11.6. The second-order valence-corrected chi connectivity index (χ2v) is 5.59. The number of rotatable bonds is 12. The van der Waals surface area contributed by atoms with Crippen molar-refractivity contribution in [3.63, 3.8) is 0 Å². The number of hydrogen-bond donors (Lipinski definition) is 0. The van der Waals surface area contributed by atoms with Crippen LogP contribution in [-0.2, 0) is 4.74 Å². The van der Waals surface area contributed by atoms with Crippen LogP contribution in [0.5, 0.6) is 11.5 Å². The van der Waals surface area contributed by atoms with E-state index in [0.29, 0.717) is 18.1 Å². The summed E-state index contributed by atoms with van der Waals surface area (Å²) in [5, 5.41) is 0. The molecule has 0 aromatic heterocycles. The first kappa shape index (κ1) is 20.2. The Kier molecular flexibility index (Phi) is 9.12. The number of benzene rings is 1. The van der Waals surface area contributed by atoms with Gasteiger partial charge in [-0.15, -0.1) is 0 Å². The molecule has 0 radical (unpaired) electrons. The second kappa shape index (κ2) is 10.8. The maximum absolute atomic E-state index is 5.90. The Labute approximate surface area is 145 Å². The van der Waals surface area contributed by atoms with Crippen LogP contribution in [0.4, 0.5) is 5.69 Å². The topological polar surface area (TPSA) is 43.3 Å². The van der Waals surface area contributed by atoms with Gasteiger partial charge in [0.2, 0.25) is 0 Å². The van der Waals surface area contributed by atoms with Gasteiger partial charge in [0, 0.05) is 31.8 Å². The molecule has 5 heteroatoms. The van der Waals surface area contributed by atoms with Crippen LogP contribution in [-0.4, -0.2) is 58.7 Å². The van der Waals surface area contributed by atoms with Crippen LogP contribution in [0.15, 0.2) is 23.7 Å². The molecule has 24 heavy (non-hydrogen) atoms. The van der Waals surface area contributed by atoms with Gasteiger partial charge in [0.05, 0.1) is 26.0 Å². The van der Waals surface area contributed by atoms with Crippen molar-refractivity contribution in [2.45, 2.75) is 20.3 Å². The summed E-state index contributed by atoms with van der Waals surface area (Å²) in [5.41, 5.74) is 2.60. The fourth-order valence-electron chi connectivity index (χ4n) is 2.41. The van der Waals surface area contributed by atoms with Crippen LogP contribution in [0.2, 0.25) is 0 Å². The molecule has 0 saturated carbocycles. The van der Waals surface area contributed by atoms with Gasteiger partial charge in [0.15, 0.2) is 11.5 Å². The molecule has 0 aliphatic carbocycles.